The van der Waals surface area contributed by atoms with E-state index in [0.29, 0.717) is 5.65 Å². The molecule has 0 aliphatic carbocycles. The number of fused-ring (bicyclic) bond motifs is 4. The molecule has 0 radical (unpaired) electrons. The second kappa shape index (κ2) is 11.6. The van der Waals surface area contributed by atoms with Crippen molar-refractivity contribution in [3.05, 3.63) is 29.3 Å². The summed E-state index contributed by atoms with van der Waals surface area (Å²) in [5.41, 5.74) is 9.18. The highest BCUT2D eigenvalue weighted by molar-refractivity contribution is 8.39. The number of thiol groups is 1. The Kier molecular flexibility index (Phi) is 8.09. The highest BCUT2D eigenvalue weighted by Gasteiger charge is 2.65. The summed E-state index contributed by atoms with van der Waals surface area (Å²) in [4.78, 5) is 45.7. The normalized spacial score (nSPS) is 31.6. The van der Waals surface area contributed by atoms with Crippen LogP contribution in [0.1, 0.15) is 12.5 Å². The number of halogens is 2. The lowest BCUT2D eigenvalue weighted by atomic mass is 10.0. The molecule has 3 aliphatic heterocycles. The Morgan fingerprint density at radius 2 is 1.91 bits per heavy atom. The van der Waals surface area contributed by atoms with E-state index in [4.69, 9.17) is 51.1 Å². The molecule has 7 N–H and O–H groups in total. The van der Waals surface area contributed by atoms with Crippen molar-refractivity contribution in [2.45, 2.75) is 48.4 Å². The number of imidazole rings is 2. The van der Waals surface area contributed by atoms with Gasteiger partial charge in [0.25, 0.3) is 5.56 Å². The quantitative estimate of drug-likeness (QED) is 0.0916. The zero-order chi connectivity index (χ0) is 33.5. The Morgan fingerprint density at radius 3 is 2.66 bits per heavy atom. The molecule has 0 saturated carbocycles. The summed E-state index contributed by atoms with van der Waals surface area (Å²) in [5.74, 6) is -4.22. The van der Waals surface area contributed by atoms with Crippen LogP contribution in [0, 0.1) is 0 Å². The molecule has 0 spiro atoms. The maximum absolute atomic E-state index is 15.9. The second-order valence-corrected chi connectivity index (χ2v) is 15.1. The molecule has 9 atom stereocenters. The van der Waals surface area contributed by atoms with E-state index in [2.05, 4.69) is 42.2 Å². The first-order valence-corrected chi connectivity index (χ1v) is 18.2. The SMILES string of the molecule is Nc1nc2c(ncn2[C@@H]2O[C@H](CO[P+](=O)S)C(F)(F)[C@H]2OP(O)(=S)OC[C@@]23CO[C@@H]([C@H](n4cnc5c(N)ncnc54)O2)[C@@H]3O)c(=O)[nH]1. The number of aliphatic hydroxyl groups excluding tert-OH is 1. The van der Waals surface area contributed by atoms with Gasteiger partial charge in [0.1, 0.15) is 48.5 Å². The first-order valence-electron chi connectivity index (χ1n) is 13.3. The number of alkyl halides is 2. The zero-order valence-electron chi connectivity index (χ0n) is 23.3. The number of nitrogens with one attached hydrogen (secondary N) is 1. The molecule has 3 saturated heterocycles. The molecule has 0 aromatic carbocycles. The highest BCUT2D eigenvalue weighted by Crippen LogP contribution is 2.56. The third-order valence-electron chi connectivity index (χ3n) is 7.82. The van der Waals surface area contributed by atoms with Crippen molar-refractivity contribution in [3.63, 3.8) is 0 Å². The van der Waals surface area contributed by atoms with Crippen LogP contribution in [0.15, 0.2) is 23.8 Å². The third kappa shape index (κ3) is 5.51. The molecule has 0 amide bonds. The van der Waals surface area contributed by atoms with Crippen LogP contribution < -0.4 is 17.0 Å². The van der Waals surface area contributed by atoms with Gasteiger partial charge in [-0.3, -0.25) is 23.4 Å². The molecule has 26 heteroatoms. The van der Waals surface area contributed by atoms with Crippen molar-refractivity contribution in [3.8, 4) is 0 Å². The number of nitrogens with zero attached hydrogens (tertiary/aromatic N) is 7. The van der Waals surface area contributed by atoms with Crippen molar-refractivity contribution in [2.75, 3.05) is 31.3 Å². The summed E-state index contributed by atoms with van der Waals surface area (Å²) in [7, 11) is -2.60. The zero-order valence-corrected chi connectivity index (χ0v) is 26.8. The number of anilines is 2. The summed E-state index contributed by atoms with van der Waals surface area (Å²) in [6.45, 7) is -6.42. The van der Waals surface area contributed by atoms with Crippen LogP contribution in [0.4, 0.5) is 20.5 Å². The molecule has 2 unspecified atom stereocenters. The van der Waals surface area contributed by atoms with E-state index in [9.17, 15) is 19.4 Å². The Balaban J connectivity index is 1.14. The summed E-state index contributed by atoms with van der Waals surface area (Å²) in [6.07, 6.45) is -6.05. The molecule has 20 nitrogen and oxygen atoms in total. The maximum Gasteiger partial charge on any atom is 0.582 e. The highest BCUT2D eigenvalue weighted by atomic mass is 32.7. The van der Waals surface area contributed by atoms with Crippen LogP contribution in [0.5, 0.6) is 0 Å². The fourth-order valence-corrected chi connectivity index (χ4v) is 7.48. The summed E-state index contributed by atoms with van der Waals surface area (Å²) in [6, 6.07) is 0. The lowest BCUT2D eigenvalue weighted by Crippen LogP contribution is -2.45. The summed E-state index contributed by atoms with van der Waals surface area (Å²) < 4.78 is 78.6. The topological polar surface area (TPSA) is 272 Å². The fourth-order valence-electron chi connectivity index (χ4n) is 5.61. The Labute approximate surface area is 271 Å². The summed E-state index contributed by atoms with van der Waals surface area (Å²) >= 11 is 8.69. The first-order chi connectivity index (χ1) is 22.2. The molecular formula is C21H23F2N10O10P2S2+. The predicted octanol–water partition coefficient (Wildman–Crippen LogP) is -0.0937. The molecule has 252 valence electrons. The number of aromatic nitrogens is 8. The van der Waals surface area contributed by atoms with Crippen molar-refractivity contribution in [1.29, 1.82) is 0 Å². The van der Waals surface area contributed by atoms with Crippen molar-refractivity contribution >= 4 is 72.1 Å². The lowest BCUT2D eigenvalue weighted by molar-refractivity contribution is -0.184. The number of hydrogen-bond donors (Lipinski definition) is 6. The van der Waals surface area contributed by atoms with Crippen LogP contribution in [0.2, 0.25) is 0 Å². The van der Waals surface area contributed by atoms with E-state index in [1.807, 2.05) is 0 Å². The van der Waals surface area contributed by atoms with Gasteiger partial charge >= 0.3 is 19.9 Å². The number of nitrogen functional groups attached to an aromatic ring is 2. The van der Waals surface area contributed by atoms with Gasteiger partial charge in [-0.05, 0) is 16.4 Å². The minimum atomic E-state index is -4.64. The van der Waals surface area contributed by atoms with E-state index in [0.717, 1.165) is 10.9 Å². The standard InChI is InChI=1S/C21H22F2N10O10P2S2/c22-21(23)7(1-39-44(36)46)41-18(33-6-29-9-15(33)30-19(25)31-16(9)35)12(21)43-45(37,47)40-3-20-2-38-10(11(20)34)17(42-20)32-5-28-8-13(24)26-4-27-14(8)32/h4-7,10-12,17-18,34H,1-3H2,(H6-,24,25,26,27,30,31,35,36,37,46,47)/p+1/t7-,10-,11+,12+,17-,18-,20-,45?/m1/s1. The lowest BCUT2D eigenvalue weighted by Gasteiger charge is -2.33. The van der Waals surface area contributed by atoms with Crippen LogP contribution in [0.25, 0.3) is 22.3 Å². The molecule has 7 heterocycles. The number of aromatic amines is 1. The number of hydrogen-bond acceptors (Lipinski definition) is 17. The number of aliphatic hydroxyl groups is 1. The molecule has 47 heavy (non-hydrogen) atoms. The minimum absolute atomic E-state index is 0.114. The molecule has 4 aromatic rings. The maximum atomic E-state index is 15.9. The van der Waals surface area contributed by atoms with Gasteiger partial charge in [0.15, 0.2) is 47.3 Å². The number of rotatable bonds is 10. The van der Waals surface area contributed by atoms with Gasteiger partial charge < -0.3 is 40.2 Å². The van der Waals surface area contributed by atoms with Crippen LogP contribution in [0.3, 0.4) is 0 Å². The van der Waals surface area contributed by atoms with Crippen LogP contribution in [-0.4, -0.2) is 105 Å². The van der Waals surface area contributed by atoms with Gasteiger partial charge in [0, 0.05) is 0 Å². The van der Waals surface area contributed by atoms with Crippen molar-refractivity contribution in [1.82, 2.24) is 39.0 Å². The number of nitrogens with two attached hydrogens (primary N) is 2. The molecule has 3 aliphatic rings. The molecule has 2 bridgehead atoms. The average molecular weight is 740 g/mol. The van der Waals surface area contributed by atoms with E-state index in [1.165, 1.54) is 17.2 Å². The third-order valence-corrected chi connectivity index (χ3v) is 10.1. The largest absolute Gasteiger partial charge is 0.582 e. The van der Waals surface area contributed by atoms with Crippen LogP contribution in [-0.2, 0) is 44.2 Å². The summed E-state index contributed by atoms with van der Waals surface area (Å²) in [5, 5.41) is 11.1. The van der Waals surface area contributed by atoms with Gasteiger partial charge in [-0.15, -0.1) is 4.52 Å². The number of ether oxygens (including phenoxy) is 3. The number of H-pyrrole nitrogens is 1. The van der Waals surface area contributed by atoms with Crippen LogP contribution >= 0.6 is 26.2 Å². The minimum Gasteiger partial charge on any atom is -0.387 e. The van der Waals surface area contributed by atoms with E-state index >= 15 is 8.78 Å². The molecule has 7 rings (SSSR count). The van der Waals surface area contributed by atoms with Gasteiger partial charge in [-0.1, -0.05) is 0 Å². The first kappa shape index (κ1) is 32.7. The monoisotopic (exact) mass is 739 g/mol. The average Bonchev–Trinajstić information content (AvgIpc) is 3.80. The van der Waals surface area contributed by atoms with Crippen molar-refractivity contribution in [2.24, 2.45) is 0 Å². The van der Waals surface area contributed by atoms with E-state index < -0.39 is 81.1 Å². The second-order valence-electron chi connectivity index (χ2n) is 10.6. The Hall–Kier alpha value is -2.86. The Bertz CT molecular complexity index is 2000. The molecule has 4 aromatic heterocycles. The van der Waals surface area contributed by atoms with Crippen molar-refractivity contribution < 1.29 is 51.1 Å². The van der Waals surface area contributed by atoms with Gasteiger partial charge in [0.05, 0.1) is 25.9 Å². The molecule has 3 fully saturated rings. The predicted molar refractivity (Wildman–Crippen MR) is 160 cm³/mol. The van der Waals surface area contributed by atoms with E-state index in [-0.39, 0.29) is 35.1 Å². The van der Waals surface area contributed by atoms with Gasteiger partial charge in [-0.2, -0.15) is 4.98 Å². The van der Waals surface area contributed by atoms with Gasteiger partial charge in [-0.25, -0.2) is 28.7 Å². The van der Waals surface area contributed by atoms with E-state index in [1.54, 1.807) is 0 Å². The Morgan fingerprint density at radius 1 is 1.19 bits per heavy atom. The fraction of sp³-hybridized carbons (Fsp3) is 0.524. The molecular weight excluding hydrogens is 716 g/mol. The van der Waals surface area contributed by atoms with Gasteiger partial charge in [0.2, 0.25) is 5.95 Å². The smallest absolute Gasteiger partial charge is 0.387 e.